The topological polar surface area (TPSA) is 55.2 Å². The smallest absolute Gasteiger partial charge is 0.253 e. The number of nitrogens with one attached hydrogen (secondary N) is 1. The average molecular weight is 141 g/mol. The van der Waals surface area contributed by atoms with Crippen LogP contribution in [0.4, 0.5) is 0 Å². The van der Waals surface area contributed by atoms with Gasteiger partial charge in [-0.25, -0.2) is 0 Å². The van der Waals surface area contributed by atoms with Crippen molar-refractivity contribution in [2.45, 2.75) is 12.8 Å². The van der Waals surface area contributed by atoms with Crippen molar-refractivity contribution in [1.29, 1.82) is 0 Å². The molecule has 0 bridgehead atoms. The molecule has 4 nitrogen and oxygen atoms in total. The summed E-state index contributed by atoms with van der Waals surface area (Å²) in [4.78, 5) is 9.50. The molecule has 0 amide bonds. The lowest BCUT2D eigenvalue weighted by atomic mass is 10.1. The zero-order valence-corrected chi connectivity index (χ0v) is 5.54. The van der Waals surface area contributed by atoms with Gasteiger partial charge in [0.2, 0.25) is 0 Å². The van der Waals surface area contributed by atoms with Crippen molar-refractivity contribution in [3.05, 3.63) is 28.4 Å². The lowest BCUT2D eigenvalue weighted by Gasteiger charge is -2.12. The first-order valence-corrected chi connectivity index (χ1v) is 3.21. The first-order chi connectivity index (χ1) is 4.79. The summed E-state index contributed by atoms with van der Waals surface area (Å²) in [7, 11) is 0. The highest BCUT2D eigenvalue weighted by Crippen LogP contribution is 2.07. The van der Waals surface area contributed by atoms with E-state index < -0.39 is 4.92 Å². The van der Waals surface area contributed by atoms with Crippen molar-refractivity contribution in [3.8, 4) is 0 Å². The van der Waals surface area contributed by atoms with Gasteiger partial charge < -0.3 is 5.32 Å². The Hall–Kier alpha value is -1.06. The van der Waals surface area contributed by atoms with Crippen molar-refractivity contribution in [2.75, 3.05) is 6.54 Å². The Labute approximate surface area is 59.1 Å². The minimum absolute atomic E-state index is 0.440. The fourth-order valence-electron chi connectivity index (χ4n) is 0.876. The fraction of sp³-hybridized carbons (Fsp3) is 0.500. The van der Waals surface area contributed by atoms with Crippen LogP contribution < -0.4 is 5.32 Å². The van der Waals surface area contributed by atoms with Gasteiger partial charge in [-0.2, -0.15) is 0 Å². The molecule has 0 saturated carbocycles. The van der Waals surface area contributed by atoms with Crippen LogP contribution in [-0.4, -0.2) is 11.5 Å². The summed E-state index contributed by atoms with van der Waals surface area (Å²) in [5.41, 5.74) is 0.635. The van der Waals surface area contributed by atoms with Crippen molar-refractivity contribution in [1.82, 2.24) is 5.32 Å². The van der Waals surface area contributed by atoms with E-state index in [0.717, 1.165) is 25.6 Å². The van der Waals surface area contributed by atoms with E-state index in [1.807, 2.05) is 6.42 Å². The Morgan fingerprint density at radius 3 is 3.10 bits per heavy atom. The van der Waals surface area contributed by atoms with E-state index in [9.17, 15) is 10.1 Å². The molecular weight excluding hydrogens is 132 g/mol. The van der Waals surface area contributed by atoms with Crippen molar-refractivity contribution in [2.24, 2.45) is 0 Å². The van der Waals surface area contributed by atoms with Gasteiger partial charge in [-0.15, -0.1) is 0 Å². The van der Waals surface area contributed by atoms with Crippen LogP contribution in [-0.2, 0) is 0 Å². The van der Waals surface area contributed by atoms with E-state index in [1.54, 1.807) is 0 Å². The fourth-order valence-corrected chi connectivity index (χ4v) is 0.876. The van der Waals surface area contributed by atoms with Crippen molar-refractivity contribution < 1.29 is 4.92 Å². The van der Waals surface area contributed by atoms with E-state index >= 15 is 0 Å². The molecule has 1 radical (unpaired) electrons. The van der Waals surface area contributed by atoms with Gasteiger partial charge in [0.05, 0.1) is 10.6 Å². The largest absolute Gasteiger partial charge is 0.383 e. The third kappa shape index (κ3) is 2.05. The van der Waals surface area contributed by atoms with Gasteiger partial charge in [0.1, 0.15) is 0 Å². The molecule has 55 valence electrons. The highest BCUT2D eigenvalue weighted by Gasteiger charge is 2.06. The van der Waals surface area contributed by atoms with E-state index in [4.69, 9.17) is 0 Å². The molecule has 0 aromatic heterocycles. The van der Waals surface area contributed by atoms with Crippen molar-refractivity contribution >= 4 is 0 Å². The maximum atomic E-state index is 9.94. The molecule has 0 aliphatic carbocycles. The number of piperidine rings is 1. The first-order valence-electron chi connectivity index (χ1n) is 3.21. The van der Waals surface area contributed by atoms with Crippen LogP contribution in [0.2, 0.25) is 0 Å². The summed E-state index contributed by atoms with van der Waals surface area (Å²) in [5, 5.41) is 12.9. The Morgan fingerprint density at radius 1 is 1.80 bits per heavy atom. The summed E-state index contributed by atoms with van der Waals surface area (Å²) < 4.78 is 0. The van der Waals surface area contributed by atoms with Gasteiger partial charge in [-0.3, -0.25) is 10.1 Å². The normalized spacial score (nSPS) is 22.2. The zero-order chi connectivity index (χ0) is 7.40. The molecule has 1 aliphatic rings. The Morgan fingerprint density at radius 2 is 2.60 bits per heavy atom. The molecule has 4 heteroatoms. The van der Waals surface area contributed by atoms with E-state index in [2.05, 4.69) is 5.32 Å². The molecule has 1 N–H and O–H groups in total. The molecule has 0 aromatic rings. The molecule has 0 spiro atoms. The Bertz CT molecular complexity index is 157. The predicted molar refractivity (Wildman–Crippen MR) is 36.6 cm³/mol. The van der Waals surface area contributed by atoms with Gasteiger partial charge in [-0.05, 0) is 12.8 Å². The van der Waals surface area contributed by atoms with Crippen LogP contribution in [0.3, 0.4) is 0 Å². The van der Waals surface area contributed by atoms with E-state index in [0.29, 0.717) is 5.70 Å². The number of hydrogen-bond acceptors (Lipinski definition) is 3. The van der Waals surface area contributed by atoms with Gasteiger partial charge in [0.15, 0.2) is 0 Å². The van der Waals surface area contributed by atoms with E-state index in [1.165, 1.54) is 0 Å². The highest BCUT2D eigenvalue weighted by atomic mass is 16.6. The summed E-state index contributed by atoms with van der Waals surface area (Å²) in [5.74, 6) is 0. The Kier molecular flexibility index (Phi) is 2.25. The zero-order valence-electron chi connectivity index (χ0n) is 5.54. The molecule has 10 heavy (non-hydrogen) atoms. The summed E-state index contributed by atoms with van der Waals surface area (Å²) in [6, 6.07) is 0. The van der Waals surface area contributed by atoms with Crippen LogP contribution in [0.1, 0.15) is 12.8 Å². The summed E-state index contributed by atoms with van der Waals surface area (Å²) >= 11 is 0. The first kappa shape index (κ1) is 7.05. The van der Waals surface area contributed by atoms with Gasteiger partial charge in [0.25, 0.3) is 6.20 Å². The molecule has 1 rings (SSSR count). The molecule has 1 aliphatic heterocycles. The standard InChI is InChI=1S/C6H9N2O2/c9-8(10)5-6-3-1-2-4-7-6/h3,5,7H,1-2,4H2. The van der Waals surface area contributed by atoms with Crippen LogP contribution in [0.25, 0.3) is 0 Å². The lowest BCUT2D eigenvalue weighted by Crippen LogP contribution is -2.20. The SMILES string of the molecule is O=[N+]([O-])C=C1[CH]CCCN1. The monoisotopic (exact) mass is 141 g/mol. The van der Waals surface area contributed by atoms with Gasteiger partial charge in [0, 0.05) is 13.0 Å². The van der Waals surface area contributed by atoms with Gasteiger partial charge >= 0.3 is 0 Å². The van der Waals surface area contributed by atoms with Crippen LogP contribution in [0.5, 0.6) is 0 Å². The van der Waals surface area contributed by atoms with Gasteiger partial charge in [-0.1, -0.05) is 0 Å². The summed E-state index contributed by atoms with van der Waals surface area (Å²) in [6.07, 6.45) is 4.84. The maximum absolute atomic E-state index is 9.94. The minimum atomic E-state index is -0.440. The average Bonchev–Trinajstić information content (AvgIpc) is 1.88. The van der Waals surface area contributed by atoms with E-state index in [-0.39, 0.29) is 0 Å². The molecule has 1 fully saturated rings. The molecule has 1 heterocycles. The number of rotatable bonds is 1. The third-order valence-corrected chi connectivity index (χ3v) is 1.32. The molecule has 0 atom stereocenters. The second-order valence-corrected chi connectivity index (χ2v) is 2.14. The van der Waals surface area contributed by atoms with Crippen LogP contribution in [0.15, 0.2) is 11.9 Å². The predicted octanol–water partition coefficient (Wildman–Crippen LogP) is 0.692. The lowest BCUT2D eigenvalue weighted by molar-refractivity contribution is -0.403. The van der Waals surface area contributed by atoms with Crippen LogP contribution >= 0.6 is 0 Å². The number of hydrogen-bond donors (Lipinski definition) is 1. The van der Waals surface area contributed by atoms with Crippen LogP contribution in [0, 0.1) is 16.5 Å². The second-order valence-electron chi connectivity index (χ2n) is 2.14. The molecule has 0 aromatic carbocycles. The quantitative estimate of drug-likeness (QED) is 0.431. The number of allylic oxidation sites excluding steroid dienone is 1. The third-order valence-electron chi connectivity index (χ3n) is 1.32. The maximum Gasteiger partial charge on any atom is 0.253 e. The Balaban J connectivity index is 2.45. The summed E-state index contributed by atoms with van der Waals surface area (Å²) in [6.45, 7) is 0.843. The molecular formula is C6H9N2O2. The molecule has 1 saturated heterocycles. The second kappa shape index (κ2) is 3.20. The molecule has 0 unspecified atom stereocenters. The highest BCUT2D eigenvalue weighted by molar-refractivity contribution is 5.10. The minimum Gasteiger partial charge on any atom is -0.383 e. The number of nitro groups is 1. The number of nitrogens with zero attached hydrogens (tertiary/aromatic N) is 1. The van der Waals surface area contributed by atoms with Crippen molar-refractivity contribution in [3.63, 3.8) is 0 Å².